The van der Waals surface area contributed by atoms with Crippen LogP contribution in [-0.2, 0) is 16.1 Å². The topological polar surface area (TPSA) is 81.4 Å². The molecule has 0 saturated carbocycles. The van der Waals surface area contributed by atoms with Crippen LogP contribution in [0.5, 0.6) is 0 Å². The second kappa shape index (κ2) is 8.53. The zero-order valence-electron chi connectivity index (χ0n) is 17.3. The number of para-hydroxylation sites is 2. The van der Waals surface area contributed by atoms with Gasteiger partial charge in [-0.25, -0.2) is 9.78 Å². The van der Waals surface area contributed by atoms with Crippen molar-refractivity contribution in [3.05, 3.63) is 95.3 Å². The van der Waals surface area contributed by atoms with E-state index < -0.39 is 12.1 Å². The minimum atomic E-state index is -0.999. The van der Waals surface area contributed by atoms with Crippen LogP contribution < -0.4 is 0 Å². The van der Waals surface area contributed by atoms with Crippen molar-refractivity contribution in [1.29, 1.82) is 0 Å². The van der Waals surface area contributed by atoms with Gasteiger partial charge in [0.1, 0.15) is 0 Å². The van der Waals surface area contributed by atoms with Gasteiger partial charge in [-0.1, -0.05) is 54.1 Å². The van der Waals surface area contributed by atoms with E-state index in [1.165, 1.54) is 6.92 Å². The second-order valence-electron chi connectivity index (χ2n) is 7.41. The Morgan fingerprint density at radius 1 is 1.00 bits per heavy atom. The third-order valence-electron chi connectivity index (χ3n) is 5.12. The van der Waals surface area contributed by atoms with Gasteiger partial charge >= 0.3 is 5.97 Å². The minimum Gasteiger partial charge on any atom is -0.479 e. The Morgan fingerprint density at radius 3 is 2.35 bits per heavy atom. The van der Waals surface area contributed by atoms with E-state index in [2.05, 4.69) is 4.98 Å². The molecule has 1 N–H and O–H groups in total. The summed E-state index contributed by atoms with van der Waals surface area (Å²) in [7, 11) is 0. The van der Waals surface area contributed by atoms with Crippen molar-refractivity contribution in [1.82, 2.24) is 9.55 Å². The average Bonchev–Trinajstić information content (AvgIpc) is 3.17. The lowest BCUT2D eigenvalue weighted by molar-refractivity contribution is -0.149. The van der Waals surface area contributed by atoms with Crippen LogP contribution in [0.2, 0.25) is 0 Å². The van der Waals surface area contributed by atoms with Crippen LogP contribution in [0.25, 0.3) is 16.7 Å². The van der Waals surface area contributed by atoms with Crippen molar-refractivity contribution >= 4 is 22.8 Å². The first-order valence-corrected chi connectivity index (χ1v) is 9.96. The molecule has 0 amide bonds. The fourth-order valence-corrected chi connectivity index (χ4v) is 3.31. The molecule has 0 aliphatic carbocycles. The highest BCUT2D eigenvalue weighted by atomic mass is 16.5. The molecule has 4 rings (SSSR count). The molecule has 0 aliphatic rings. The Morgan fingerprint density at radius 2 is 1.68 bits per heavy atom. The number of ether oxygens (including phenoxy) is 1. The van der Waals surface area contributed by atoms with Crippen molar-refractivity contribution in [2.45, 2.75) is 26.6 Å². The van der Waals surface area contributed by atoms with Crippen LogP contribution in [0, 0.1) is 6.92 Å². The monoisotopic (exact) mass is 414 g/mol. The van der Waals surface area contributed by atoms with Gasteiger partial charge < -0.3 is 9.84 Å². The van der Waals surface area contributed by atoms with Crippen molar-refractivity contribution in [3.63, 3.8) is 0 Å². The highest BCUT2D eigenvalue weighted by molar-refractivity contribution is 6.08. The summed E-state index contributed by atoms with van der Waals surface area (Å²) in [6.45, 7) is 3.66. The molecule has 4 aromatic rings. The summed E-state index contributed by atoms with van der Waals surface area (Å²) in [5.41, 5.74) is 4.86. The predicted octanol–water partition coefficient (Wildman–Crippen LogP) is 4.55. The van der Waals surface area contributed by atoms with Crippen molar-refractivity contribution in [3.8, 4) is 5.69 Å². The van der Waals surface area contributed by atoms with E-state index in [1.807, 2.05) is 84.3 Å². The molecule has 31 heavy (non-hydrogen) atoms. The molecule has 1 aromatic heterocycles. The molecule has 0 fully saturated rings. The molecule has 0 spiro atoms. The fraction of sp³-hybridized carbons (Fsp3) is 0.160. The normalized spacial score (nSPS) is 12.1. The molecule has 0 unspecified atom stereocenters. The first-order chi connectivity index (χ1) is 14.9. The number of carboxylic acids is 1. The number of aliphatic carboxylic acids is 1. The highest BCUT2D eigenvalue weighted by Gasteiger charge is 2.20. The van der Waals surface area contributed by atoms with E-state index in [0.29, 0.717) is 11.4 Å². The minimum absolute atomic E-state index is 0.154. The lowest BCUT2D eigenvalue weighted by atomic mass is 10.1. The van der Waals surface area contributed by atoms with E-state index in [0.717, 1.165) is 27.8 Å². The quantitative estimate of drug-likeness (QED) is 0.449. The van der Waals surface area contributed by atoms with Crippen LogP contribution in [-0.4, -0.2) is 32.5 Å². The number of benzene rings is 3. The zero-order valence-corrected chi connectivity index (χ0v) is 17.3. The Kier molecular flexibility index (Phi) is 5.64. The number of carbonyl (C=O) groups excluding carboxylic acids is 1. The van der Waals surface area contributed by atoms with Gasteiger partial charge in [-0.3, -0.25) is 9.36 Å². The Bertz CT molecular complexity index is 1240. The second-order valence-corrected chi connectivity index (χ2v) is 7.41. The van der Waals surface area contributed by atoms with Gasteiger partial charge in [0, 0.05) is 11.3 Å². The number of hydrogen-bond acceptors (Lipinski definition) is 4. The molecule has 6 nitrogen and oxygen atoms in total. The van der Waals surface area contributed by atoms with Crippen molar-refractivity contribution in [2.24, 2.45) is 0 Å². The first kappa shape index (κ1) is 20.5. The van der Waals surface area contributed by atoms with Gasteiger partial charge in [0.2, 0.25) is 5.78 Å². The number of nitrogens with zero attached hydrogens (tertiary/aromatic N) is 2. The van der Waals surface area contributed by atoms with Gasteiger partial charge in [-0.2, -0.15) is 0 Å². The lowest BCUT2D eigenvalue weighted by Gasteiger charge is -2.11. The van der Waals surface area contributed by atoms with Gasteiger partial charge in [0.05, 0.1) is 17.6 Å². The molecule has 1 heterocycles. The van der Waals surface area contributed by atoms with Crippen molar-refractivity contribution in [2.75, 3.05) is 0 Å². The van der Waals surface area contributed by atoms with Crippen LogP contribution in [0.15, 0.2) is 72.8 Å². The highest BCUT2D eigenvalue weighted by Crippen LogP contribution is 2.24. The lowest BCUT2D eigenvalue weighted by Crippen LogP contribution is -2.19. The van der Waals surface area contributed by atoms with Crippen LogP contribution in [0.3, 0.4) is 0 Å². The molecule has 3 aromatic carbocycles. The maximum atomic E-state index is 13.3. The molecule has 0 radical (unpaired) electrons. The van der Waals surface area contributed by atoms with Gasteiger partial charge in [0.25, 0.3) is 0 Å². The fourth-order valence-electron chi connectivity index (χ4n) is 3.31. The van der Waals surface area contributed by atoms with Crippen molar-refractivity contribution < 1.29 is 19.4 Å². The van der Waals surface area contributed by atoms with Crippen LogP contribution in [0.4, 0.5) is 0 Å². The number of ketones is 1. The average molecular weight is 414 g/mol. The van der Waals surface area contributed by atoms with Gasteiger partial charge in [0.15, 0.2) is 11.9 Å². The van der Waals surface area contributed by atoms with E-state index in [9.17, 15) is 9.59 Å². The van der Waals surface area contributed by atoms with E-state index >= 15 is 0 Å². The van der Waals surface area contributed by atoms with E-state index in [4.69, 9.17) is 9.84 Å². The number of aromatic nitrogens is 2. The number of aryl methyl sites for hydroxylation is 1. The van der Waals surface area contributed by atoms with Gasteiger partial charge in [-0.15, -0.1) is 0 Å². The van der Waals surface area contributed by atoms with Gasteiger partial charge in [-0.05, 0) is 43.7 Å². The summed E-state index contributed by atoms with van der Waals surface area (Å²) in [6, 6.07) is 22.5. The smallest absolute Gasteiger partial charge is 0.332 e. The molecule has 0 saturated heterocycles. The number of carboxylic acid groups (broad SMARTS) is 1. The van der Waals surface area contributed by atoms with E-state index in [-0.39, 0.29) is 12.4 Å². The largest absolute Gasteiger partial charge is 0.479 e. The van der Waals surface area contributed by atoms with Crippen LogP contribution in [0.1, 0.15) is 34.2 Å². The SMILES string of the molecule is Cc1ccc(C(=O)c2nc3ccccc3n2-c2ccc(CO[C@H](C)C(=O)O)cc2)cc1. The third kappa shape index (κ3) is 4.25. The first-order valence-electron chi connectivity index (χ1n) is 9.96. The molecule has 1 atom stereocenters. The summed E-state index contributed by atoms with van der Waals surface area (Å²) in [6.07, 6.45) is -0.879. The molecule has 156 valence electrons. The zero-order chi connectivity index (χ0) is 22.0. The molecular formula is C25H22N2O4. The Balaban J connectivity index is 1.71. The molecule has 6 heteroatoms. The Hall–Kier alpha value is -3.77. The predicted molar refractivity (Wildman–Crippen MR) is 118 cm³/mol. The summed E-state index contributed by atoms with van der Waals surface area (Å²) >= 11 is 0. The maximum Gasteiger partial charge on any atom is 0.332 e. The number of hydrogen-bond donors (Lipinski definition) is 1. The standard InChI is InChI=1S/C25H22N2O4/c1-16-7-11-19(12-8-16)23(28)24-26-21-5-3-4-6-22(21)27(24)20-13-9-18(10-14-20)15-31-17(2)25(29)30/h3-14,17H,15H2,1-2H3,(H,29,30)/t17-/m1/s1. The van der Waals surface area contributed by atoms with E-state index in [1.54, 1.807) is 0 Å². The summed E-state index contributed by atoms with van der Waals surface area (Å²) in [5, 5.41) is 8.95. The molecule has 0 aliphatic heterocycles. The van der Waals surface area contributed by atoms with Crippen LogP contribution >= 0.6 is 0 Å². The number of fused-ring (bicyclic) bond motifs is 1. The number of carbonyl (C=O) groups is 2. The number of rotatable bonds is 7. The maximum absolute atomic E-state index is 13.3. The third-order valence-corrected chi connectivity index (χ3v) is 5.12. The molecular weight excluding hydrogens is 392 g/mol. The summed E-state index contributed by atoms with van der Waals surface area (Å²) in [4.78, 5) is 28.8. The summed E-state index contributed by atoms with van der Waals surface area (Å²) in [5.74, 6) is -0.812. The summed E-state index contributed by atoms with van der Waals surface area (Å²) < 4.78 is 7.20. The number of imidazole rings is 1. The Labute approximate surface area is 179 Å². The molecule has 0 bridgehead atoms.